The Balaban J connectivity index is 1.92. The molecule has 2 atom stereocenters. The van der Waals surface area contributed by atoms with Crippen molar-refractivity contribution in [2.45, 2.75) is 38.1 Å². The van der Waals surface area contributed by atoms with E-state index < -0.39 is 23.3 Å². The molecule has 2 aromatic rings. The number of aromatic amines is 1. The molecule has 1 aliphatic rings. The fourth-order valence-electron chi connectivity index (χ4n) is 3.54. The second-order valence-electron chi connectivity index (χ2n) is 6.61. The van der Waals surface area contributed by atoms with Crippen LogP contribution in [0.15, 0.2) is 35.1 Å². The Hall–Kier alpha value is -2.63. The fourth-order valence-corrected chi connectivity index (χ4v) is 3.54. The molecule has 0 aliphatic heterocycles. The number of nitrogens with one attached hydrogen (secondary N) is 2. The van der Waals surface area contributed by atoms with Crippen molar-refractivity contribution in [2.75, 3.05) is 0 Å². The summed E-state index contributed by atoms with van der Waals surface area (Å²) in [6.07, 6.45) is 2.86. The quantitative estimate of drug-likeness (QED) is 0.805. The van der Waals surface area contributed by atoms with Gasteiger partial charge >= 0.3 is 5.97 Å². The lowest BCUT2D eigenvalue weighted by Crippen LogP contribution is -2.55. The van der Waals surface area contributed by atoms with Crippen LogP contribution < -0.4 is 10.9 Å². The normalized spacial score (nSPS) is 23.8. The first-order chi connectivity index (χ1) is 11.4. The number of aliphatic carboxylic acids is 1. The number of H-pyrrole nitrogens is 1. The van der Waals surface area contributed by atoms with Gasteiger partial charge in [0.05, 0.1) is 11.5 Å². The van der Waals surface area contributed by atoms with Crippen LogP contribution in [0, 0.1) is 5.92 Å². The topological polar surface area (TPSA) is 99.3 Å². The van der Waals surface area contributed by atoms with Crippen LogP contribution in [0.5, 0.6) is 0 Å². The molecule has 126 valence electrons. The molecule has 1 saturated carbocycles. The third-order valence-electron chi connectivity index (χ3n) is 4.90. The lowest BCUT2D eigenvalue weighted by atomic mass is 9.74. The fraction of sp³-hybridized carbons (Fsp3) is 0.389. The van der Waals surface area contributed by atoms with Crippen molar-refractivity contribution in [2.24, 2.45) is 5.92 Å². The Kier molecular flexibility index (Phi) is 4.13. The van der Waals surface area contributed by atoms with Crippen LogP contribution in [0.25, 0.3) is 10.8 Å². The number of amides is 1. The molecule has 1 aromatic heterocycles. The molecule has 1 heterocycles. The van der Waals surface area contributed by atoms with Gasteiger partial charge in [0.25, 0.3) is 11.5 Å². The van der Waals surface area contributed by atoms with E-state index in [-0.39, 0.29) is 11.3 Å². The zero-order valence-electron chi connectivity index (χ0n) is 13.5. The molecule has 0 radical (unpaired) electrons. The van der Waals surface area contributed by atoms with Crippen LogP contribution in [-0.2, 0) is 4.79 Å². The third kappa shape index (κ3) is 2.91. The number of carboxylic acids is 1. The minimum Gasteiger partial charge on any atom is -0.481 e. The highest BCUT2D eigenvalue weighted by Crippen LogP contribution is 2.34. The van der Waals surface area contributed by atoms with E-state index in [2.05, 4.69) is 10.3 Å². The van der Waals surface area contributed by atoms with Crippen molar-refractivity contribution >= 4 is 22.6 Å². The SMILES string of the molecule is CC1(NC(=O)c2cc3ccccc3c(=O)[nH]2)CCCCC1C(=O)O. The average Bonchev–Trinajstić information content (AvgIpc) is 2.54. The average molecular weight is 328 g/mol. The number of rotatable bonds is 3. The van der Waals surface area contributed by atoms with Crippen LogP contribution in [0.1, 0.15) is 43.1 Å². The van der Waals surface area contributed by atoms with E-state index in [1.54, 1.807) is 37.3 Å². The maximum atomic E-state index is 12.6. The van der Waals surface area contributed by atoms with Crippen molar-refractivity contribution < 1.29 is 14.7 Å². The van der Waals surface area contributed by atoms with Gasteiger partial charge in [-0.1, -0.05) is 31.0 Å². The predicted molar refractivity (Wildman–Crippen MR) is 90.0 cm³/mol. The van der Waals surface area contributed by atoms with Gasteiger partial charge in [0.2, 0.25) is 0 Å². The Morgan fingerprint density at radius 1 is 1.29 bits per heavy atom. The molecule has 2 unspecified atom stereocenters. The maximum absolute atomic E-state index is 12.6. The minimum atomic E-state index is -0.899. The van der Waals surface area contributed by atoms with Crippen molar-refractivity contribution in [1.82, 2.24) is 10.3 Å². The minimum absolute atomic E-state index is 0.148. The summed E-state index contributed by atoms with van der Waals surface area (Å²) in [6, 6.07) is 8.64. The van der Waals surface area contributed by atoms with E-state index in [1.807, 2.05) is 0 Å². The number of carbonyl (C=O) groups is 2. The summed E-state index contributed by atoms with van der Waals surface area (Å²) in [6.45, 7) is 1.77. The van der Waals surface area contributed by atoms with Gasteiger partial charge in [-0.05, 0) is 37.3 Å². The summed E-state index contributed by atoms with van der Waals surface area (Å²) < 4.78 is 0. The van der Waals surface area contributed by atoms with E-state index in [9.17, 15) is 19.5 Å². The smallest absolute Gasteiger partial charge is 0.308 e. The summed E-state index contributed by atoms with van der Waals surface area (Å²) >= 11 is 0. The van der Waals surface area contributed by atoms with E-state index >= 15 is 0 Å². The van der Waals surface area contributed by atoms with Gasteiger partial charge in [-0.3, -0.25) is 14.4 Å². The molecule has 0 spiro atoms. The molecule has 3 N–H and O–H groups in total. The third-order valence-corrected chi connectivity index (χ3v) is 4.90. The predicted octanol–water partition coefficient (Wildman–Crippen LogP) is 2.29. The lowest BCUT2D eigenvalue weighted by Gasteiger charge is -2.39. The summed E-state index contributed by atoms with van der Waals surface area (Å²) in [5, 5.41) is 13.5. The van der Waals surface area contributed by atoms with Gasteiger partial charge in [-0.15, -0.1) is 0 Å². The molecule has 6 heteroatoms. The molecule has 0 saturated heterocycles. The largest absolute Gasteiger partial charge is 0.481 e. The molecule has 3 rings (SSSR count). The van der Waals surface area contributed by atoms with Crippen LogP contribution in [0.2, 0.25) is 0 Å². The lowest BCUT2D eigenvalue weighted by molar-refractivity contribution is -0.145. The van der Waals surface area contributed by atoms with Gasteiger partial charge in [0, 0.05) is 5.39 Å². The van der Waals surface area contributed by atoms with Gasteiger partial charge in [-0.2, -0.15) is 0 Å². The molecule has 1 aromatic carbocycles. The molecule has 1 aliphatic carbocycles. The number of carbonyl (C=O) groups excluding carboxylic acids is 1. The number of pyridine rings is 1. The van der Waals surface area contributed by atoms with Crippen LogP contribution in [0.4, 0.5) is 0 Å². The van der Waals surface area contributed by atoms with E-state index in [0.717, 1.165) is 12.8 Å². The van der Waals surface area contributed by atoms with Gasteiger partial charge in [0.1, 0.15) is 5.69 Å². The second-order valence-corrected chi connectivity index (χ2v) is 6.61. The second kappa shape index (κ2) is 6.11. The Morgan fingerprint density at radius 3 is 2.79 bits per heavy atom. The first-order valence-electron chi connectivity index (χ1n) is 8.08. The van der Waals surface area contributed by atoms with Crippen molar-refractivity contribution in [3.63, 3.8) is 0 Å². The Morgan fingerprint density at radius 2 is 2.04 bits per heavy atom. The monoisotopic (exact) mass is 328 g/mol. The summed E-state index contributed by atoms with van der Waals surface area (Å²) in [5.41, 5.74) is -1.000. The zero-order valence-corrected chi connectivity index (χ0v) is 13.5. The van der Waals surface area contributed by atoms with Crippen LogP contribution >= 0.6 is 0 Å². The van der Waals surface area contributed by atoms with E-state index in [0.29, 0.717) is 23.6 Å². The molecule has 0 bridgehead atoms. The molecule has 1 fully saturated rings. The highest BCUT2D eigenvalue weighted by atomic mass is 16.4. The first kappa shape index (κ1) is 16.2. The zero-order chi connectivity index (χ0) is 17.3. The Bertz CT molecular complexity index is 857. The number of carboxylic acid groups (broad SMARTS) is 1. The Labute approximate surface area is 138 Å². The number of aromatic nitrogens is 1. The number of benzene rings is 1. The molecule has 1 amide bonds. The number of hydrogen-bond acceptors (Lipinski definition) is 3. The molecule has 6 nitrogen and oxygen atoms in total. The first-order valence-corrected chi connectivity index (χ1v) is 8.08. The van der Waals surface area contributed by atoms with Crippen molar-refractivity contribution in [3.8, 4) is 0 Å². The number of hydrogen-bond donors (Lipinski definition) is 3. The molecular formula is C18H20N2O4. The molecular weight excluding hydrogens is 308 g/mol. The maximum Gasteiger partial charge on any atom is 0.308 e. The van der Waals surface area contributed by atoms with Crippen molar-refractivity contribution in [1.29, 1.82) is 0 Å². The standard InChI is InChI=1S/C18H20N2O4/c1-18(9-5-4-8-13(18)17(23)24)20-16(22)14-10-11-6-2-3-7-12(11)15(21)19-14/h2-3,6-7,10,13H,4-5,8-9H2,1H3,(H,19,21)(H,20,22)(H,23,24). The van der Waals surface area contributed by atoms with Crippen molar-refractivity contribution in [3.05, 3.63) is 46.4 Å². The van der Waals surface area contributed by atoms with Crippen LogP contribution in [0.3, 0.4) is 0 Å². The van der Waals surface area contributed by atoms with E-state index in [1.165, 1.54) is 0 Å². The highest BCUT2D eigenvalue weighted by Gasteiger charge is 2.42. The summed E-state index contributed by atoms with van der Waals surface area (Å²) in [7, 11) is 0. The summed E-state index contributed by atoms with van der Waals surface area (Å²) in [5.74, 6) is -1.97. The summed E-state index contributed by atoms with van der Waals surface area (Å²) in [4.78, 5) is 38.8. The van der Waals surface area contributed by atoms with E-state index in [4.69, 9.17) is 0 Å². The molecule has 24 heavy (non-hydrogen) atoms. The van der Waals surface area contributed by atoms with Gasteiger partial charge < -0.3 is 15.4 Å². The van der Waals surface area contributed by atoms with Crippen LogP contribution in [-0.4, -0.2) is 27.5 Å². The highest BCUT2D eigenvalue weighted by molar-refractivity contribution is 5.97. The number of fused-ring (bicyclic) bond motifs is 1. The van der Waals surface area contributed by atoms with Gasteiger partial charge in [-0.25, -0.2) is 0 Å². The van der Waals surface area contributed by atoms with Gasteiger partial charge in [0.15, 0.2) is 0 Å².